The highest BCUT2D eigenvalue weighted by molar-refractivity contribution is 5.76. The zero-order valence-corrected chi connectivity index (χ0v) is 11.5. The molecule has 0 spiro atoms. The van der Waals surface area contributed by atoms with Crippen molar-refractivity contribution in [3.05, 3.63) is 24.3 Å². The van der Waals surface area contributed by atoms with Crippen LogP contribution in [0, 0.1) is 0 Å². The largest absolute Gasteiger partial charge is 0.506 e. The summed E-state index contributed by atoms with van der Waals surface area (Å²) in [5, 5.41) is 9.83. The van der Waals surface area contributed by atoms with Crippen LogP contribution >= 0.6 is 0 Å². The van der Waals surface area contributed by atoms with Gasteiger partial charge in [0.1, 0.15) is 5.75 Å². The number of benzene rings is 1. The van der Waals surface area contributed by atoms with Gasteiger partial charge in [0.2, 0.25) is 5.91 Å². The van der Waals surface area contributed by atoms with Crippen molar-refractivity contribution in [1.82, 2.24) is 4.90 Å². The number of piperazine rings is 1. The van der Waals surface area contributed by atoms with Crippen molar-refractivity contribution in [3.63, 3.8) is 0 Å². The van der Waals surface area contributed by atoms with Gasteiger partial charge in [-0.1, -0.05) is 25.5 Å². The highest BCUT2D eigenvalue weighted by Gasteiger charge is 2.21. The minimum Gasteiger partial charge on any atom is -0.506 e. The number of para-hydroxylation sites is 2. The molecular formula is C15H22N2O2. The monoisotopic (exact) mass is 262 g/mol. The number of phenolic OH excluding ortho intramolecular Hbond substituents is 1. The summed E-state index contributed by atoms with van der Waals surface area (Å²) in [6.07, 6.45) is 2.69. The van der Waals surface area contributed by atoms with E-state index in [9.17, 15) is 9.90 Å². The zero-order chi connectivity index (χ0) is 13.7. The van der Waals surface area contributed by atoms with Gasteiger partial charge in [0.25, 0.3) is 0 Å². The van der Waals surface area contributed by atoms with E-state index in [0.717, 1.165) is 44.7 Å². The number of amides is 1. The highest BCUT2D eigenvalue weighted by Crippen LogP contribution is 2.27. The molecule has 1 N–H and O–H groups in total. The molecule has 0 unspecified atom stereocenters. The van der Waals surface area contributed by atoms with Gasteiger partial charge in [-0.3, -0.25) is 4.79 Å². The third-order valence-corrected chi connectivity index (χ3v) is 3.60. The number of unbranched alkanes of at least 4 members (excludes halogenated alkanes) is 1. The number of aromatic hydroxyl groups is 1. The fourth-order valence-corrected chi connectivity index (χ4v) is 2.41. The van der Waals surface area contributed by atoms with Gasteiger partial charge >= 0.3 is 0 Å². The topological polar surface area (TPSA) is 43.8 Å². The first-order valence-electron chi connectivity index (χ1n) is 7.03. The molecule has 1 aromatic rings. The molecule has 4 heteroatoms. The summed E-state index contributed by atoms with van der Waals surface area (Å²) in [5.74, 6) is 0.576. The van der Waals surface area contributed by atoms with Gasteiger partial charge < -0.3 is 14.9 Å². The predicted octanol–water partition coefficient (Wildman–Crippen LogP) is 2.23. The normalized spacial score (nSPS) is 15.6. The maximum absolute atomic E-state index is 11.9. The van der Waals surface area contributed by atoms with Crippen LogP contribution in [0.2, 0.25) is 0 Å². The van der Waals surface area contributed by atoms with Crippen molar-refractivity contribution < 1.29 is 9.90 Å². The Bertz CT molecular complexity index is 426. The standard InChI is InChI=1S/C15H22N2O2/c1-2-3-8-15(19)17-11-9-16(10-12-17)13-6-4-5-7-14(13)18/h4-7,18H,2-3,8-12H2,1H3. The Labute approximate surface area is 114 Å². The van der Waals surface area contributed by atoms with Crippen LogP contribution in [0.3, 0.4) is 0 Å². The molecule has 0 bridgehead atoms. The van der Waals surface area contributed by atoms with Crippen molar-refractivity contribution in [2.24, 2.45) is 0 Å². The minimum atomic E-state index is 0.263. The number of hydrogen-bond donors (Lipinski definition) is 1. The summed E-state index contributed by atoms with van der Waals surface area (Å²) in [5.41, 5.74) is 0.864. The van der Waals surface area contributed by atoms with Crippen molar-refractivity contribution in [1.29, 1.82) is 0 Å². The molecule has 1 aromatic carbocycles. The first-order valence-corrected chi connectivity index (χ1v) is 7.03. The van der Waals surface area contributed by atoms with Crippen LogP contribution < -0.4 is 4.90 Å². The molecule has 2 rings (SSSR count). The fraction of sp³-hybridized carbons (Fsp3) is 0.533. The average molecular weight is 262 g/mol. The van der Waals surface area contributed by atoms with Crippen LogP contribution in [-0.4, -0.2) is 42.1 Å². The van der Waals surface area contributed by atoms with Crippen molar-refractivity contribution in [2.75, 3.05) is 31.1 Å². The number of carbonyl (C=O) groups excluding carboxylic acids is 1. The number of anilines is 1. The molecule has 0 aromatic heterocycles. The van der Waals surface area contributed by atoms with Crippen molar-refractivity contribution >= 4 is 11.6 Å². The Morgan fingerprint density at radius 2 is 1.89 bits per heavy atom. The van der Waals surface area contributed by atoms with Gasteiger partial charge in [0.05, 0.1) is 5.69 Å². The maximum Gasteiger partial charge on any atom is 0.222 e. The second-order valence-corrected chi connectivity index (χ2v) is 4.96. The second kappa shape index (κ2) is 6.45. The Kier molecular flexibility index (Phi) is 4.66. The number of carbonyl (C=O) groups is 1. The Morgan fingerprint density at radius 3 is 2.53 bits per heavy atom. The molecule has 4 nitrogen and oxygen atoms in total. The van der Waals surface area contributed by atoms with E-state index in [1.807, 2.05) is 23.1 Å². The van der Waals surface area contributed by atoms with Crippen LogP contribution in [0.5, 0.6) is 5.75 Å². The molecule has 1 aliphatic rings. The first-order chi connectivity index (χ1) is 9.22. The molecule has 1 fully saturated rings. The Morgan fingerprint density at radius 1 is 1.21 bits per heavy atom. The Balaban J connectivity index is 1.89. The Hall–Kier alpha value is -1.71. The molecule has 1 saturated heterocycles. The van der Waals surface area contributed by atoms with Gasteiger partial charge in [-0.25, -0.2) is 0 Å². The third kappa shape index (κ3) is 3.40. The van der Waals surface area contributed by atoms with Crippen LogP contribution in [-0.2, 0) is 4.79 Å². The summed E-state index contributed by atoms with van der Waals surface area (Å²) < 4.78 is 0. The summed E-state index contributed by atoms with van der Waals surface area (Å²) in [6.45, 7) is 5.17. The number of nitrogens with zero attached hydrogens (tertiary/aromatic N) is 2. The molecule has 0 radical (unpaired) electrons. The van der Waals surface area contributed by atoms with Gasteiger partial charge in [0, 0.05) is 32.6 Å². The molecule has 0 aliphatic carbocycles. The fourth-order valence-electron chi connectivity index (χ4n) is 2.41. The summed E-state index contributed by atoms with van der Waals surface area (Å²) in [7, 11) is 0. The van der Waals surface area contributed by atoms with E-state index in [0.29, 0.717) is 12.2 Å². The molecule has 0 saturated carbocycles. The van der Waals surface area contributed by atoms with E-state index < -0.39 is 0 Å². The smallest absolute Gasteiger partial charge is 0.222 e. The van der Waals surface area contributed by atoms with Crippen LogP contribution in [0.4, 0.5) is 5.69 Å². The summed E-state index contributed by atoms with van der Waals surface area (Å²) >= 11 is 0. The lowest BCUT2D eigenvalue weighted by molar-refractivity contribution is -0.131. The van der Waals surface area contributed by atoms with E-state index in [1.54, 1.807) is 6.07 Å². The lowest BCUT2D eigenvalue weighted by Crippen LogP contribution is -2.48. The number of phenols is 1. The van der Waals surface area contributed by atoms with Crippen LogP contribution in [0.1, 0.15) is 26.2 Å². The molecule has 1 heterocycles. The predicted molar refractivity (Wildman–Crippen MR) is 76.4 cm³/mol. The maximum atomic E-state index is 11.9. The zero-order valence-electron chi connectivity index (χ0n) is 11.5. The first kappa shape index (κ1) is 13.7. The van der Waals surface area contributed by atoms with E-state index in [1.165, 1.54) is 0 Å². The van der Waals surface area contributed by atoms with Gasteiger partial charge in [-0.15, -0.1) is 0 Å². The quantitative estimate of drug-likeness (QED) is 0.905. The molecule has 1 amide bonds. The molecule has 19 heavy (non-hydrogen) atoms. The van der Waals surface area contributed by atoms with Crippen LogP contribution in [0.15, 0.2) is 24.3 Å². The van der Waals surface area contributed by atoms with Crippen molar-refractivity contribution in [2.45, 2.75) is 26.2 Å². The van der Waals surface area contributed by atoms with E-state index in [-0.39, 0.29) is 5.91 Å². The summed E-state index contributed by atoms with van der Waals surface area (Å²) in [6, 6.07) is 7.37. The van der Waals surface area contributed by atoms with Gasteiger partial charge in [-0.05, 0) is 18.6 Å². The SMILES string of the molecule is CCCCC(=O)N1CCN(c2ccccc2O)CC1. The van der Waals surface area contributed by atoms with Crippen LogP contribution in [0.25, 0.3) is 0 Å². The molecule has 1 aliphatic heterocycles. The van der Waals surface area contributed by atoms with Crippen molar-refractivity contribution in [3.8, 4) is 5.75 Å². The van der Waals surface area contributed by atoms with Gasteiger partial charge in [0.15, 0.2) is 0 Å². The number of rotatable bonds is 4. The molecule has 104 valence electrons. The van der Waals surface area contributed by atoms with E-state index >= 15 is 0 Å². The van der Waals surface area contributed by atoms with Gasteiger partial charge in [-0.2, -0.15) is 0 Å². The van der Waals surface area contributed by atoms with E-state index in [4.69, 9.17) is 0 Å². The highest BCUT2D eigenvalue weighted by atomic mass is 16.3. The second-order valence-electron chi connectivity index (χ2n) is 4.96. The minimum absolute atomic E-state index is 0.263. The molecular weight excluding hydrogens is 240 g/mol. The lowest BCUT2D eigenvalue weighted by atomic mass is 10.2. The van der Waals surface area contributed by atoms with E-state index in [2.05, 4.69) is 11.8 Å². The number of hydrogen-bond acceptors (Lipinski definition) is 3. The lowest BCUT2D eigenvalue weighted by Gasteiger charge is -2.36. The summed E-state index contributed by atoms with van der Waals surface area (Å²) in [4.78, 5) is 16.0. The average Bonchev–Trinajstić information content (AvgIpc) is 2.45. The third-order valence-electron chi connectivity index (χ3n) is 3.60. The molecule has 0 atom stereocenters.